The highest BCUT2D eigenvalue weighted by atomic mass is 16.7. The summed E-state index contributed by atoms with van der Waals surface area (Å²) in [5.41, 5.74) is 2.65. The van der Waals surface area contributed by atoms with E-state index in [-0.39, 0.29) is 18.3 Å². The fraction of sp³-hybridized carbons (Fsp3) is 0.476. The first kappa shape index (κ1) is 17.6. The van der Waals surface area contributed by atoms with Gasteiger partial charge in [-0.15, -0.1) is 0 Å². The lowest BCUT2D eigenvalue weighted by Crippen LogP contribution is -2.41. The van der Waals surface area contributed by atoms with Gasteiger partial charge in [0.1, 0.15) is 12.4 Å². The van der Waals surface area contributed by atoms with Crippen LogP contribution in [0.5, 0.6) is 5.75 Å². The molecular formula is C21H26BNO3. The lowest BCUT2D eigenvalue weighted by Gasteiger charge is -2.32. The van der Waals surface area contributed by atoms with Crippen LogP contribution in [-0.4, -0.2) is 23.3 Å². The Morgan fingerprint density at radius 2 is 1.65 bits per heavy atom. The average molecular weight is 351 g/mol. The molecular weight excluding hydrogens is 325 g/mol. The number of hydrogen-bond donors (Lipinski definition) is 0. The molecule has 1 saturated carbocycles. The molecule has 1 saturated heterocycles. The van der Waals surface area contributed by atoms with E-state index in [0.717, 1.165) is 16.8 Å². The molecule has 1 aliphatic carbocycles. The summed E-state index contributed by atoms with van der Waals surface area (Å²) in [7, 11) is -0.340. The number of hydrogen-bond acceptors (Lipinski definition) is 4. The summed E-state index contributed by atoms with van der Waals surface area (Å²) in [5, 5.41) is 0. The van der Waals surface area contributed by atoms with Crippen LogP contribution in [0.15, 0.2) is 42.6 Å². The molecule has 1 aliphatic heterocycles. The summed E-state index contributed by atoms with van der Waals surface area (Å²) >= 11 is 0. The zero-order valence-corrected chi connectivity index (χ0v) is 16.0. The van der Waals surface area contributed by atoms with Gasteiger partial charge in [-0.05, 0) is 64.2 Å². The first-order valence-corrected chi connectivity index (χ1v) is 9.37. The molecule has 2 heterocycles. The second kappa shape index (κ2) is 6.40. The van der Waals surface area contributed by atoms with Crippen molar-refractivity contribution in [3.05, 3.63) is 53.9 Å². The molecule has 1 aromatic heterocycles. The van der Waals surface area contributed by atoms with E-state index in [4.69, 9.17) is 14.0 Å². The van der Waals surface area contributed by atoms with Gasteiger partial charge in [-0.25, -0.2) is 0 Å². The number of nitrogens with zero attached hydrogens (tertiary/aromatic N) is 1. The Balaban J connectivity index is 1.36. The highest BCUT2D eigenvalue weighted by Crippen LogP contribution is 2.39. The molecule has 0 amide bonds. The third-order valence-corrected chi connectivity index (χ3v) is 5.65. The van der Waals surface area contributed by atoms with Crippen LogP contribution in [-0.2, 0) is 15.9 Å². The van der Waals surface area contributed by atoms with E-state index in [1.165, 1.54) is 18.5 Å². The molecule has 4 rings (SSSR count). The zero-order chi connectivity index (χ0) is 18.4. The summed E-state index contributed by atoms with van der Waals surface area (Å²) in [5.74, 6) is 1.52. The molecule has 26 heavy (non-hydrogen) atoms. The van der Waals surface area contributed by atoms with E-state index in [9.17, 15) is 0 Å². The number of benzene rings is 1. The maximum atomic E-state index is 6.08. The molecule has 0 atom stereocenters. The molecule has 2 aromatic rings. The van der Waals surface area contributed by atoms with Gasteiger partial charge >= 0.3 is 7.12 Å². The Hall–Kier alpha value is -1.85. The van der Waals surface area contributed by atoms with E-state index in [1.807, 2.05) is 30.5 Å². The van der Waals surface area contributed by atoms with Crippen molar-refractivity contribution in [2.75, 3.05) is 0 Å². The Kier molecular flexibility index (Phi) is 4.32. The highest BCUT2D eigenvalue weighted by molar-refractivity contribution is 6.62. The Morgan fingerprint density at radius 3 is 2.19 bits per heavy atom. The second-order valence-electron chi connectivity index (χ2n) is 8.31. The third-order valence-electron chi connectivity index (χ3n) is 5.65. The van der Waals surface area contributed by atoms with Gasteiger partial charge in [-0.3, -0.25) is 4.98 Å². The van der Waals surface area contributed by atoms with Gasteiger partial charge in [0.2, 0.25) is 0 Å². The third kappa shape index (κ3) is 3.51. The second-order valence-corrected chi connectivity index (χ2v) is 8.31. The van der Waals surface area contributed by atoms with Crippen LogP contribution in [0.2, 0.25) is 0 Å². The number of pyridine rings is 1. The zero-order valence-electron chi connectivity index (χ0n) is 16.0. The van der Waals surface area contributed by atoms with Gasteiger partial charge in [0.15, 0.2) is 0 Å². The Labute approximate surface area is 156 Å². The van der Waals surface area contributed by atoms with Crippen LogP contribution in [0, 0.1) is 0 Å². The van der Waals surface area contributed by atoms with Gasteiger partial charge < -0.3 is 14.0 Å². The van der Waals surface area contributed by atoms with Gasteiger partial charge in [-0.1, -0.05) is 18.2 Å². The Bertz CT molecular complexity index is 751. The van der Waals surface area contributed by atoms with Crippen LogP contribution in [0.3, 0.4) is 0 Å². The van der Waals surface area contributed by atoms with Crippen LogP contribution in [0.4, 0.5) is 0 Å². The van der Waals surface area contributed by atoms with Crippen molar-refractivity contribution in [3.63, 3.8) is 0 Å². The molecule has 0 radical (unpaired) electrons. The maximum absolute atomic E-state index is 6.08. The Morgan fingerprint density at radius 1 is 1.00 bits per heavy atom. The molecule has 1 aromatic carbocycles. The van der Waals surface area contributed by atoms with E-state index in [0.29, 0.717) is 12.5 Å². The minimum Gasteiger partial charge on any atom is -0.489 e. The fourth-order valence-electron chi connectivity index (χ4n) is 3.01. The summed E-state index contributed by atoms with van der Waals surface area (Å²) < 4.78 is 18.1. The van der Waals surface area contributed by atoms with E-state index in [2.05, 4.69) is 44.8 Å². The maximum Gasteiger partial charge on any atom is 0.494 e. The topological polar surface area (TPSA) is 40.6 Å². The van der Waals surface area contributed by atoms with Crippen molar-refractivity contribution in [3.8, 4) is 5.75 Å². The van der Waals surface area contributed by atoms with Gasteiger partial charge in [0, 0.05) is 23.4 Å². The summed E-state index contributed by atoms with van der Waals surface area (Å²) in [6.45, 7) is 8.77. The van der Waals surface area contributed by atoms with Crippen LogP contribution in [0.25, 0.3) is 0 Å². The lowest BCUT2D eigenvalue weighted by molar-refractivity contribution is 0.00578. The average Bonchev–Trinajstić information content (AvgIpc) is 3.42. The predicted octanol–water partition coefficient (Wildman–Crippen LogP) is 3.84. The fourth-order valence-corrected chi connectivity index (χ4v) is 3.01. The van der Waals surface area contributed by atoms with Crippen molar-refractivity contribution in [2.24, 2.45) is 0 Å². The van der Waals surface area contributed by atoms with Crippen LogP contribution >= 0.6 is 0 Å². The summed E-state index contributed by atoms with van der Waals surface area (Å²) in [6.07, 6.45) is 4.47. The van der Waals surface area contributed by atoms with E-state index >= 15 is 0 Å². The quantitative estimate of drug-likeness (QED) is 0.768. The van der Waals surface area contributed by atoms with Crippen molar-refractivity contribution in [1.82, 2.24) is 4.98 Å². The van der Waals surface area contributed by atoms with E-state index < -0.39 is 0 Å². The predicted molar refractivity (Wildman–Crippen MR) is 103 cm³/mol. The molecule has 0 spiro atoms. The normalized spacial score (nSPS) is 21.0. The largest absolute Gasteiger partial charge is 0.494 e. The molecule has 2 aliphatic rings. The number of rotatable bonds is 5. The number of ether oxygens (including phenoxy) is 1. The standard InChI is InChI=1S/C21H26BNO3/c1-20(2)21(3,4)26-22(25-20)17-8-10-18(11-9-17)24-14-15-5-12-19(23-13-15)16-6-7-16/h5,8-13,16H,6-7,14H2,1-4H3. The van der Waals surface area contributed by atoms with Crippen molar-refractivity contribution in [2.45, 2.75) is 64.3 Å². The molecule has 0 N–H and O–H groups in total. The summed E-state index contributed by atoms with van der Waals surface area (Å²) in [6, 6.07) is 12.2. The van der Waals surface area contributed by atoms with Gasteiger partial charge in [0.25, 0.3) is 0 Å². The first-order valence-electron chi connectivity index (χ1n) is 9.37. The minimum atomic E-state index is -0.340. The van der Waals surface area contributed by atoms with Crippen molar-refractivity contribution in [1.29, 1.82) is 0 Å². The van der Waals surface area contributed by atoms with Gasteiger partial charge in [0.05, 0.1) is 11.2 Å². The SMILES string of the molecule is CC1(C)OB(c2ccc(OCc3ccc(C4CC4)nc3)cc2)OC1(C)C. The van der Waals surface area contributed by atoms with Crippen molar-refractivity contribution >= 4 is 12.6 Å². The van der Waals surface area contributed by atoms with Crippen LogP contribution in [0.1, 0.15) is 57.7 Å². The highest BCUT2D eigenvalue weighted by Gasteiger charge is 2.51. The van der Waals surface area contributed by atoms with Crippen molar-refractivity contribution < 1.29 is 14.0 Å². The number of aromatic nitrogens is 1. The van der Waals surface area contributed by atoms with Crippen LogP contribution < -0.4 is 10.2 Å². The summed E-state index contributed by atoms with van der Waals surface area (Å²) in [4.78, 5) is 4.53. The molecule has 5 heteroatoms. The molecule has 4 nitrogen and oxygen atoms in total. The molecule has 2 fully saturated rings. The van der Waals surface area contributed by atoms with Gasteiger partial charge in [-0.2, -0.15) is 0 Å². The monoisotopic (exact) mass is 351 g/mol. The lowest BCUT2D eigenvalue weighted by atomic mass is 9.79. The molecule has 0 unspecified atom stereocenters. The van der Waals surface area contributed by atoms with E-state index in [1.54, 1.807) is 0 Å². The first-order chi connectivity index (χ1) is 12.3. The smallest absolute Gasteiger partial charge is 0.489 e. The molecule has 0 bridgehead atoms. The molecule has 136 valence electrons. The minimum absolute atomic E-state index is 0.327.